The van der Waals surface area contributed by atoms with Crippen LogP contribution in [0.5, 0.6) is 0 Å². The van der Waals surface area contributed by atoms with Crippen LogP contribution in [0.4, 0.5) is 0 Å². The summed E-state index contributed by atoms with van der Waals surface area (Å²) in [5, 5.41) is 16.0. The number of rotatable bonds is 4. The standard InChI is InChI=1S/C8H11N3O2/c9-7(8(12)13)4-3-6-2-1-5-10-11-6/h1-2,5,7H,3-4,9H2,(H,12,13). The van der Waals surface area contributed by atoms with Crippen LogP contribution >= 0.6 is 0 Å². The molecule has 1 aromatic heterocycles. The van der Waals surface area contributed by atoms with E-state index in [2.05, 4.69) is 10.2 Å². The predicted octanol–water partition coefficient (Wildman–Crippen LogP) is -0.179. The lowest BCUT2D eigenvalue weighted by atomic mass is 10.1. The molecule has 0 aliphatic carbocycles. The van der Waals surface area contributed by atoms with E-state index in [0.717, 1.165) is 5.69 Å². The molecule has 0 fully saturated rings. The van der Waals surface area contributed by atoms with E-state index in [1.165, 1.54) is 0 Å². The lowest BCUT2D eigenvalue weighted by molar-refractivity contribution is -0.138. The highest BCUT2D eigenvalue weighted by Crippen LogP contribution is 1.99. The van der Waals surface area contributed by atoms with Crippen LogP contribution in [0, 0.1) is 0 Å². The summed E-state index contributed by atoms with van der Waals surface area (Å²) >= 11 is 0. The van der Waals surface area contributed by atoms with Gasteiger partial charge in [0.15, 0.2) is 0 Å². The third-order valence-corrected chi connectivity index (χ3v) is 1.66. The molecule has 70 valence electrons. The van der Waals surface area contributed by atoms with Gasteiger partial charge in [-0.05, 0) is 25.0 Å². The molecule has 5 nitrogen and oxygen atoms in total. The summed E-state index contributed by atoms with van der Waals surface area (Å²) in [5.74, 6) is -0.983. The number of hydrogen-bond acceptors (Lipinski definition) is 4. The fourth-order valence-corrected chi connectivity index (χ4v) is 0.894. The fraction of sp³-hybridized carbons (Fsp3) is 0.375. The molecule has 0 saturated carbocycles. The van der Waals surface area contributed by atoms with Gasteiger partial charge in [0.05, 0.1) is 5.69 Å². The SMILES string of the molecule is NC(CCc1cccnn1)C(=O)O. The number of carbonyl (C=O) groups is 1. The van der Waals surface area contributed by atoms with Crippen molar-refractivity contribution < 1.29 is 9.90 Å². The number of carboxylic acids is 1. The van der Waals surface area contributed by atoms with Crippen molar-refractivity contribution in [2.24, 2.45) is 5.73 Å². The van der Waals surface area contributed by atoms with Gasteiger partial charge in [0.1, 0.15) is 6.04 Å². The molecular weight excluding hydrogens is 170 g/mol. The van der Waals surface area contributed by atoms with E-state index < -0.39 is 12.0 Å². The highest BCUT2D eigenvalue weighted by molar-refractivity contribution is 5.72. The third kappa shape index (κ3) is 3.16. The fourth-order valence-electron chi connectivity index (χ4n) is 0.894. The molecule has 1 aromatic rings. The molecule has 0 saturated heterocycles. The predicted molar refractivity (Wildman–Crippen MR) is 46.0 cm³/mol. The van der Waals surface area contributed by atoms with Crippen LogP contribution in [-0.4, -0.2) is 27.3 Å². The Bertz CT molecular complexity index is 276. The van der Waals surface area contributed by atoms with Crippen molar-refractivity contribution in [2.75, 3.05) is 0 Å². The van der Waals surface area contributed by atoms with Crippen molar-refractivity contribution in [3.63, 3.8) is 0 Å². The van der Waals surface area contributed by atoms with Crippen molar-refractivity contribution in [1.29, 1.82) is 0 Å². The van der Waals surface area contributed by atoms with E-state index >= 15 is 0 Å². The monoisotopic (exact) mass is 181 g/mol. The summed E-state index contributed by atoms with van der Waals surface area (Å²) < 4.78 is 0. The molecule has 0 bridgehead atoms. The minimum atomic E-state index is -0.983. The molecule has 1 atom stereocenters. The molecule has 0 aliphatic heterocycles. The van der Waals surface area contributed by atoms with Crippen molar-refractivity contribution in [3.8, 4) is 0 Å². The van der Waals surface area contributed by atoms with Crippen LogP contribution in [0.25, 0.3) is 0 Å². The number of nitrogens with two attached hydrogens (primary N) is 1. The second-order valence-electron chi connectivity index (χ2n) is 2.70. The molecule has 1 heterocycles. The Morgan fingerprint density at radius 2 is 2.46 bits per heavy atom. The van der Waals surface area contributed by atoms with E-state index in [9.17, 15) is 4.79 Å². The zero-order valence-corrected chi connectivity index (χ0v) is 7.05. The van der Waals surface area contributed by atoms with E-state index in [1.807, 2.05) is 0 Å². The molecule has 3 N–H and O–H groups in total. The van der Waals surface area contributed by atoms with Crippen LogP contribution < -0.4 is 5.73 Å². The Hall–Kier alpha value is -1.49. The third-order valence-electron chi connectivity index (χ3n) is 1.66. The van der Waals surface area contributed by atoms with Gasteiger partial charge in [-0.3, -0.25) is 4.79 Å². The minimum absolute atomic E-state index is 0.383. The van der Waals surface area contributed by atoms with Gasteiger partial charge >= 0.3 is 5.97 Å². The number of aromatic nitrogens is 2. The normalized spacial score (nSPS) is 12.4. The second-order valence-corrected chi connectivity index (χ2v) is 2.70. The Morgan fingerprint density at radius 3 is 3.00 bits per heavy atom. The summed E-state index contributed by atoms with van der Waals surface area (Å²) in [6.07, 6.45) is 2.50. The number of aliphatic carboxylic acids is 1. The van der Waals surface area contributed by atoms with Gasteiger partial charge in [-0.2, -0.15) is 10.2 Å². The van der Waals surface area contributed by atoms with Crippen LogP contribution in [0.3, 0.4) is 0 Å². The first-order valence-corrected chi connectivity index (χ1v) is 3.95. The molecule has 1 rings (SSSR count). The first-order chi connectivity index (χ1) is 6.20. The largest absolute Gasteiger partial charge is 0.480 e. The summed E-state index contributed by atoms with van der Waals surface area (Å²) in [6, 6.07) is 2.73. The second kappa shape index (κ2) is 4.51. The molecule has 0 aliphatic rings. The molecule has 13 heavy (non-hydrogen) atoms. The quantitative estimate of drug-likeness (QED) is 0.672. The van der Waals surface area contributed by atoms with Crippen molar-refractivity contribution in [2.45, 2.75) is 18.9 Å². The average molecular weight is 181 g/mol. The average Bonchev–Trinajstić information content (AvgIpc) is 2.15. The summed E-state index contributed by atoms with van der Waals surface area (Å²) in [7, 11) is 0. The van der Waals surface area contributed by atoms with Crippen molar-refractivity contribution in [1.82, 2.24) is 10.2 Å². The Labute approximate surface area is 75.6 Å². The Kier molecular flexibility index (Phi) is 3.33. The number of aryl methyl sites for hydroxylation is 1. The molecule has 0 spiro atoms. The maximum absolute atomic E-state index is 10.4. The molecule has 1 unspecified atom stereocenters. The van der Waals surface area contributed by atoms with Gasteiger partial charge < -0.3 is 10.8 Å². The highest BCUT2D eigenvalue weighted by Gasteiger charge is 2.10. The maximum atomic E-state index is 10.4. The topological polar surface area (TPSA) is 89.1 Å². The summed E-state index contributed by atoms with van der Waals surface area (Å²) in [4.78, 5) is 10.4. The Morgan fingerprint density at radius 1 is 1.69 bits per heavy atom. The summed E-state index contributed by atoms with van der Waals surface area (Å²) in [5.41, 5.74) is 6.08. The van der Waals surface area contributed by atoms with E-state index in [1.54, 1.807) is 18.3 Å². The van der Waals surface area contributed by atoms with Gasteiger partial charge in [-0.25, -0.2) is 0 Å². The van der Waals surface area contributed by atoms with Crippen LogP contribution in [-0.2, 0) is 11.2 Å². The summed E-state index contributed by atoms with van der Waals surface area (Å²) in [6.45, 7) is 0. The number of nitrogens with zero attached hydrogens (tertiary/aromatic N) is 2. The minimum Gasteiger partial charge on any atom is -0.480 e. The van der Waals surface area contributed by atoms with E-state index in [-0.39, 0.29) is 0 Å². The molecule has 0 amide bonds. The van der Waals surface area contributed by atoms with E-state index in [0.29, 0.717) is 12.8 Å². The first kappa shape index (κ1) is 9.60. The highest BCUT2D eigenvalue weighted by atomic mass is 16.4. The van der Waals surface area contributed by atoms with Crippen molar-refractivity contribution in [3.05, 3.63) is 24.0 Å². The Balaban J connectivity index is 2.39. The lowest BCUT2D eigenvalue weighted by Crippen LogP contribution is -2.30. The van der Waals surface area contributed by atoms with Gasteiger partial charge in [0.2, 0.25) is 0 Å². The van der Waals surface area contributed by atoms with Gasteiger partial charge in [0, 0.05) is 6.20 Å². The van der Waals surface area contributed by atoms with Crippen LogP contribution in [0.1, 0.15) is 12.1 Å². The van der Waals surface area contributed by atoms with Crippen LogP contribution in [0.2, 0.25) is 0 Å². The van der Waals surface area contributed by atoms with E-state index in [4.69, 9.17) is 10.8 Å². The molecule has 0 aromatic carbocycles. The van der Waals surface area contributed by atoms with Crippen molar-refractivity contribution >= 4 is 5.97 Å². The zero-order valence-electron chi connectivity index (χ0n) is 7.05. The molecule has 0 radical (unpaired) electrons. The lowest BCUT2D eigenvalue weighted by Gasteiger charge is -2.04. The molecular formula is C8H11N3O2. The number of hydrogen-bond donors (Lipinski definition) is 2. The molecule has 5 heteroatoms. The van der Waals surface area contributed by atoms with Crippen LogP contribution in [0.15, 0.2) is 18.3 Å². The van der Waals surface area contributed by atoms with Gasteiger partial charge in [-0.1, -0.05) is 0 Å². The number of carboxylic acid groups (broad SMARTS) is 1. The first-order valence-electron chi connectivity index (χ1n) is 3.95. The maximum Gasteiger partial charge on any atom is 0.320 e. The van der Waals surface area contributed by atoms with Gasteiger partial charge in [-0.15, -0.1) is 0 Å². The zero-order chi connectivity index (χ0) is 9.68. The van der Waals surface area contributed by atoms with Gasteiger partial charge in [0.25, 0.3) is 0 Å². The smallest absolute Gasteiger partial charge is 0.320 e.